The number of hydrogen-bond donors (Lipinski definition) is 0. The van der Waals surface area contributed by atoms with Crippen LogP contribution in [0.15, 0.2) is 0 Å². The third-order valence-electron chi connectivity index (χ3n) is 2.21. The van der Waals surface area contributed by atoms with Gasteiger partial charge in [0, 0.05) is 19.1 Å². The van der Waals surface area contributed by atoms with Crippen molar-refractivity contribution in [2.24, 2.45) is 11.8 Å². The Morgan fingerprint density at radius 2 is 2.00 bits per heavy atom. The van der Waals surface area contributed by atoms with Crippen LogP contribution in [0.5, 0.6) is 0 Å². The van der Waals surface area contributed by atoms with Crippen LogP contribution in [-0.4, -0.2) is 19.1 Å². The summed E-state index contributed by atoms with van der Waals surface area (Å²) in [5, 5.41) is 0. The summed E-state index contributed by atoms with van der Waals surface area (Å²) in [4.78, 5) is 0. The zero-order chi connectivity index (χ0) is 9.40. The average molecular weight is 193 g/mol. The van der Waals surface area contributed by atoms with E-state index < -0.39 is 0 Å². The zero-order valence-corrected chi connectivity index (χ0v) is 9.23. The molecule has 0 amide bonds. The van der Waals surface area contributed by atoms with Crippen molar-refractivity contribution in [3.8, 4) is 0 Å². The molecule has 0 aliphatic heterocycles. The SMILES string of the molecule is CCOCCCC(CCl)C(C)C. The van der Waals surface area contributed by atoms with Crippen LogP contribution >= 0.6 is 11.6 Å². The van der Waals surface area contributed by atoms with E-state index in [9.17, 15) is 0 Å². The van der Waals surface area contributed by atoms with Gasteiger partial charge in [-0.15, -0.1) is 11.6 Å². The first-order valence-electron chi connectivity index (χ1n) is 4.86. The Bertz CT molecular complexity index is 93.8. The highest BCUT2D eigenvalue weighted by Gasteiger charge is 2.10. The molecule has 0 heterocycles. The molecule has 0 N–H and O–H groups in total. The first kappa shape index (κ1) is 12.2. The van der Waals surface area contributed by atoms with Gasteiger partial charge in [0.1, 0.15) is 0 Å². The van der Waals surface area contributed by atoms with Crippen molar-refractivity contribution in [2.75, 3.05) is 19.1 Å². The van der Waals surface area contributed by atoms with E-state index in [2.05, 4.69) is 13.8 Å². The summed E-state index contributed by atoms with van der Waals surface area (Å²) in [5.41, 5.74) is 0. The monoisotopic (exact) mass is 192 g/mol. The summed E-state index contributed by atoms with van der Waals surface area (Å²) in [6, 6.07) is 0. The minimum atomic E-state index is 0.659. The van der Waals surface area contributed by atoms with Crippen LogP contribution in [0.25, 0.3) is 0 Å². The topological polar surface area (TPSA) is 9.23 Å². The molecule has 0 aromatic heterocycles. The van der Waals surface area contributed by atoms with E-state index in [4.69, 9.17) is 16.3 Å². The fraction of sp³-hybridized carbons (Fsp3) is 1.00. The summed E-state index contributed by atoms with van der Waals surface area (Å²) in [6.45, 7) is 8.20. The van der Waals surface area contributed by atoms with Crippen LogP contribution in [-0.2, 0) is 4.74 Å². The molecule has 0 rings (SSSR count). The zero-order valence-electron chi connectivity index (χ0n) is 8.48. The van der Waals surface area contributed by atoms with Gasteiger partial charge in [0.15, 0.2) is 0 Å². The van der Waals surface area contributed by atoms with Crippen LogP contribution in [0.3, 0.4) is 0 Å². The molecule has 0 spiro atoms. The lowest BCUT2D eigenvalue weighted by Crippen LogP contribution is -2.11. The van der Waals surface area contributed by atoms with Crippen molar-refractivity contribution in [1.29, 1.82) is 0 Å². The molecule has 0 aromatic rings. The number of hydrogen-bond acceptors (Lipinski definition) is 1. The molecule has 12 heavy (non-hydrogen) atoms. The van der Waals surface area contributed by atoms with Gasteiger partial charge < -0.3 is 4.74 Å². The van der Waals surface area contributed by atoms with E-state index in [1.54, 1.807) is 0 Å². The van der Waals surface area contributed by atoms with Gasteiger partial charge in [0.05, 0.1) is 0 Å². The van der Waals surface area contributed by atoms with Gasteiger partial charge in [0.25, 0.3) is 0 Å². The molecule has 0 saturated heterocycles. The molecule has 0 aliphatic carbocycles. The Balaban J connectivity index is 3.32. The molecule has 1 unspecified atom stereocenters. The van der Waals surface area contributed by atoms with Crippen molar-refractivity contribution in [1.82, 2.24) is 0 Å². The number of halogens is 1. The standard InChI is InChI=1S/C10H21ClO/c1-4-12-7-5-6-10(8-11)9(2)3/h9-10H,4-8H2,1-3H3. The Morgan fingerprint density at radius 3 is 2.42 bits per heavy atom. The van der Waals surface area contributed by atoms with E-state index in [1.165, 1.54) is 6.42 Å². The smallest absolute Gasteiger partial charge is 0.0466 e. The van der Waals surface area contributed by atoms with Crippen LogP contribution in [0.2, 0.25) is 0 Å². The number of alkyl halides is 1. The lowest BCUT2D eigenvalue weighted by atomic mass is 9.93. The molecule has 0 aliphatic rings. The highest BCUT2D eigenvalue weighted by Crippen LogP contribution is 2.18. The van der Waals surface area contributed by atoms with Crippen molar-refractivity contribution >= 4 is 11.6 Å². The van der Waals surface area contributed by atoms with Crippen LogP contribution in [0.4, 0.5) is 0 Å². The third kappa shape index (κ3) is 5.84. The maximum atomic E-state index is 5.83. The Hall–Kier alpha value is 0.250. The maximum absolute atomic E-state index is 5.83. The van der Waals surface area contributed by atoms with E-state index in [-0.39, 0.29) is 0 Å². The molecular formula is C10H21ClO. The Labute approximate surface area is 81.4 Å². The average Bonchev–Trinajstić information content (AvgIpc) is 2.04. The predicted octanol–water partition coefficient (Wildman–Crippen LogP) is 3.31. The van der Waals surface area contributed by atoms with Gasteiger partial charge in [-0.3, -0.25) is 0 Å². The second-order valence-corrected chi connectivity index (χ2v) is 3.81. The predicted molar refractivity (Wildman–Crippen MR) is 54.8 cm³/mol. The highest BCUT2D eigenvalue weighted by molar-refractivity contribution is 6.18. The van der Waals surface area contributed by atoms with Crippen LogP contribution in [0, 0.1) is 11.8 Å². The largest absolute Gasteiger partial charge is 0.382 e. The summed E-state index contributed by atoms with van der Waals surface area (Å²) in [6.07, 6.45) is 2.34. The molecule has 74 valence electrons. The van der Waals surface area contributed by atoms with E-state index in [0.717, 1.165) is 25.5 Å². The number of ether oxygens (including phenoxy) is 1. The normalized spacial score (nSPS) is 13.8. The van der Waals surface area contributed by atoms with E-state index in [0.29, 0.717) is 11.8 Å². The molecule has 2 heteroatoms. The third-order valence-corrected chi connectivity index (χ3v) is 2.61. The van der Waals surface area contributed by atoms with Gasteiger partial charge in [-0.05, 0) is 31.6 Å². The number of rotatable bonds is 7. The minimum Gasteiger partial charge on any atom is -0.382 e. The first-order chi connectivity index (χ1) is 5.72. The van der Waals surface area contributed by atoms with Crippen molar-refractivity contribution < 1.29 is 4.74 Å². The summed E-state index contributed by atoms with van der Waals surface area (Å²) in [5.74, 6) is 2.14. The van der Waals surface area contributed by atoms with Gasteiger partial charge in [-0.2, -0.15) is 0 Å². The van der Waals surface area contributed by atoms with Gasteiger partial charge in [0.2, 0.25) is 0 Å². The van der Waals surface area contributed by atoms with Crippen molar-refractivity contribution in [2.45, 2.75) is 33.6 Å². The molecule has 0 radical (unpaired) electrons. The summed E-state index contributed by atoms with van der Waals surface area (Å²) in [7, 11) is 0. The summed E-state index contributed by atoms with van der Waals surface area (Å²) < 4.78 is 5.27. The van der Waals surface area contributed by atoms with Gasteiger partial charge >= 0.3 is 0 Å². The van der Waals surface area contributed by atoms with Gasteiger partial charge in [-0.1, -0.05) is 13.8 Å². The lowest BCUT2D eigenvalue weighted by Gasteiger charge is -2.17. The molecule has 0 fully saturated rings. The first-order valence-corrected chi connectivity index (χ1v) is 5.39. The van der Waals surface area contributed by atoms with E-state index >= 15 is 0 Å². The Kier molecular flexibility index (Phi) is 8.04. The molecule has 1 nitrogen and oxygen atoms in total. The minimum absolute atomic E-state index is 0.659. The second-order valence-electron chi connectivity index (χ2n) is 3.50. The molecule has 0 saturated carbocycles. The quantitative estimate of drug-likeness (QED) is 0.444. The van der Waals surface area contributed by atoms with E-state index in [1.807, 2.05) is 6.92 Å². The fourth-order valence-corrected chi connectivity index (χ4v) is 1.69. The van der Waals surface area contributed by atoms with Crippen molar-refractivity contribution in [3.63, 3.8) is 0 Å². The molecule has 1 atom stereocenters. The summed E-state index contributed by atoms with van der Waals surface area (Å²) >= 11 is 5.83. The fourth-order valence-electron chi connectivity index (χ4n) is 1.18. The van der Waals surface area contributed by atoms with Crippen LogP contribution in [0.1, 0.15) is 33.6 Å². The molecule has 0 bridgehead atoms. The second kappa shape index (κ2) is 7.88. The highest BCUT2D eigenvalue weighted by atomic mass is 35.5. The van der Waals surface area contributed by atoms with Crippen LogP contribution < -0.4 is 0 Å². The Morgan fingerprint density at radius 1 is 1.33 bits per heavy atom. The lowest BCUT2D eigenvalue weighted by molar-refractivity contribution is 0.138. The van der Waals surface area contributed by atoms with Crippen molar-refractivity contribution in [3.05, 3.63) is 0 Å². The molecular weight excluding hydrogens is 172 g/mol. The van der Waals surface area contributed by atoms with Gasteiger partial charge in [-0.25, -0.2) is 0 Å². The maximum Gasteiger partial charge on any atom is 0.0466 e. The molecule has 0 aromatic carbocycles.